The van der Waals surface area contributed by atoms with Gasteiger partial charge in [0.05, 0.1) is 0 Å². The van der Waals surface area contributed by atoms with Crippen molar-refractivity contribution in [2.24, 2.45) is 0 Å². The van der Waals surface area contributed by atoms with Crippen LogP contribution in [0.2, 0.25) is 0 Å². The summed E-state index contributed by atoms with van der Waals surface area (Å²) in [7, 11) is 0. The van der Waals surface area contributed by atoms with Crippen LogP contribution in [0, 0.1) is 13.8 Å². The van der Waals surface area contributed by atoms with Gasteiger partial charge in [-0.15, -0.1) is 0 Å². The van der Waals surface area contributed by atoms with E-state index in [4.69, 9.17) is 0 Å². The number of anilines is 2. The molecule has 1 aromatic heterocycles. The maximum Gasteiger partial charge on any atom is 0.312 e. The number of amides is 2. The van der Waals surface area contributed by atoms with Crippen molar-refractivity contribution in [1.29, 1.82) is 0 Å². The fourth-order valence-corrected chi connectivity index (χ4v) is 4.18. The lowest BCUT2D eigenvalue weighted by Gasteiger charge is -2.39. The number of hydrogen-bond donors (Lipinski definition) is 0. The Labute approximate surface area is 177 Å². The summed E-state index contributed by atoms with van der Waals surface area (Å²) in [5.41, 5.74) is 3.77. The molecule has 158 valence electrons. The Morgan fingerprint density at radius 3 is 1.90 bits per heavy atom. The van der Waals surface area contributed by atoms with E-state index < -0.39 is 0 Å². The summed E-state index contributed by atoms with van der Waals surface area (Å²) < 4.78 is 0. The Bertz CT molecular complexity index is 901. The number of carbonyl (C=O) groups excluding carboxylic acids is 2. The predicted molar refractivity (Wildman–Crippen MR) is 118 cm³/mol. The Balaban J connectivity index is 1.30. The van der Waals surface area contributed by atoms with E-state index in [0.29, 0.717) is 39.3 Å². The van der Waals surface area contributed by atoms with Gasteiger partial charge in [-0.3, -0.25) is 9.59 Å². The van der Waals surface area contributed by atoms with Gasteiger partial charge in [-0.2, -0.15) is 0 Å². The number of aryl methyl sites for hydroxylation is 1. The van der Waals surface area contributed by atoms with E-state index in [2.05, 4.69) is 46.8 Å². The van der Waals surface area contributed by atoms with E-state index in [0.717, 1.165) is 18.9 Å². The summed E-state index contributed by atoms with van der Waals surface area (Å²) in [5.74, 6) is 0.163. The minimum atomic E-state index is -0.379. The molecule has 7 nitrogen and oxygen atoms in total. The van der Waals surface area contributed by atoms with Gasteiger partial charge in [-0.1, -0.05) is 18.2 Å². The van der Waals surface area contributed by atoms with Crippen LogP contribution in [0.3, 0.4) is 0 Å². The highest BCUT2D eigenvalue weighted by Crippen LogP contribution is 2.24. The van der Waals surface area contributed by atoms with Crippen LogP contribution in [-0.2, 0) is 9.59 Å². The van der Waals surface area contributed by atoms with Crippen LogP contribution in [0.1, 0.15) is 11.1 Å². The van der Waals surface area contributed by atoms with Crippen LogP contribution >= 0.6 is 0 Å². The zero-order valence-corrected chi connectivity index (χ0v) is 17.8. The van der Waals surface area contributed by atoms with Gasteiger partial charge >= 0.3 is 11.8 Å². The largest absolute Gasteiger partial charge is 0.368 e. The smallest absolute Gasteiger partial charge is 0.312 e. The highest BCUT2D eigenvalue weighted by Gasteiger charge is 2.31. The summed E-state index contributed by atoms with van der Waals surface area (Å²) in [6.07, 6.45) is 1.77. The molecule has 2 saturated heterocycles. The van der Waals surface area contributed by atoms with Crippen molar-refractivity contribution in [1.82, 2.24) is 14.8 Å². The maximum absolute atomic E-state index is 12.8. The molecule has 2 aromatic rings. The second kappa shape index (κ2) is 8.73. The molecule has 0 atom stereocenters. The summed E-state index contributed by atoms with van der Waals surface area (Å²) in [5, 5.41) is 0. The van der Waals surface area contributed by atoms with Gasteiger partial charge in [0.15, 0.2) is 0 Å². The summed E-state index contributed by atoms with van der Waals surface area (Å²) >= 11 is 0. The lowest BCUT2D eigenvalue weighted by molar-refractivity contribution is -0.152. The first-order valence-corrected chi connectivity index (χ1v) is 10.6. The third-order valence-corrected chi connectivity index (χ3v) is 6.21. The number of pyridine rings is 1. The van der Waals surface area contributed by atoms with Gasteiger partial charge in [-0.05, 0) is 43.2 Å². The van der Waals surface area contributed by atoms with E-state index in [1.165, 1.54) is 16.8 Å². The monoisotopic (exact) mass is 407 g/mol. The average Bonchev–Trinajstić information content (AvgIpc) is 2.81. The lowest BCUT2D eigenvalue weighted by Crippen LogP contribution is -2.56. The number of benzene rings is 1. The molecule has 1 aromatic carbocycles. The normalized spacial score (nSPS) is 17.3. The summed E-state index contributed by atoms with van der Waals surface area (Å²) in [6.45, 7) is 9.37. The average molecular weight is 408 g/mol. The van der Waals surface area contributed by atoms with Crippen molar-refractivity contribution in [3.05, 3.63) is 53.7 Å². The van der Waals surface area contributed by atoms with Crippen LogP contribution < -0.4 is 9.80 Å². The predicted octanol–water partition coefficient (Wildman–Crippen LogP) is 1.70. The fourth-order valence-electron chi connectivity index (χ4n) is 4.18. The molecule has 2 aliphatic rings. The van der Waals surface area contributed by atoms with Crippen molar-refractivity contribution in [3.8, 4) is 0 Å². The second-order valence-corrected chi connectivity index (χ2v) is 7.97. The minimum Gasteiger partial charge on any atom is -0.368 e. The quantitative estimate of drug-likeness (QED) is 0.709. The molecule has 0 N–H and O–H groups in total. The Hall–Kier alpha value is -3.09. The molecule has 0 aliphatic carbocycles. The van der Waals surface area contributed by atoms with Crippen LogP contribution in [0.15, 0.2) is 42.6 Å². The van der Waals surface area contributed by atoms with Gasteiger partial charge in [0.2, 0.25) is 0 Å². The topological polar surface area (TPSA) is 60.0 Å². The van der Waals surface area contributed by atoms with Crippen molar-refractivity contribution in [2.75, 3.05) is 62.2 Å². The van der Waals surface area contributed by atoms with Crippen molar-refractivity contribution in [3.63, 3.8) is 0 Å². The fraction of sp³-hybridized carbons (Fsp3) is 0.435. The molecule has 2 fully saturated rings. The third-order valence-electron chi connectivity index (χ3n) is 6.21. The van der Waals surface area contributed by atoms with E-state index in [1.807, 2.05) is 18.2 Å². The SMILES string of the molecule is Cc1cccc(N2CCN(C(=O)C(=O)N3CCN(c4ccccn4)CC3)CC2)c1C. The standard InChI is InChI=1S/C23H29N5O2/c1-18-6-5-7-20(19(18)2)25-10-14-27(15-11-25)22(29)23(30)28-16-12-26(13-17-28)21-8-3-4-9-24-21/h3-9H,10-17H2,1-2H3. The van der Waals surface area contributed by atoms with E-state index in [1.54, 1.807) is 16.0 Å². The van der Waals surface area contributed by atoms with Crippen LogP contribution in [-0.4, -0.2) is 79.0 Å². The minimum absolute atomic E-state index is 0.373. The van der Waals surface area contributed by atoms with Crippen molar-refractivity contribution < 1.29 is 9.59 Å². The molecule has 0 unspecified atom stereocenters. The zero-order chi connectivity index (χ0) is 21.1. The summed E-state index contributed by atoms with van der Waals surface area (Å²) in [6, 6.07) is 12.1. The van der Waals surface area contributed by atoms with E-state index in [9.17, 15) is 9.59 Å². The molecule has 0 bridgehead atoms. The molecular formula is C23H29N5O2. The Morgan fingerprint density at radius 1 is 0.733 bits per heavy atom. The second-order valence-electron chi connectivity index (χ2n) is 7.97. The number of nitrogens with zero attached hydrogens (tertiary/aromatic N) is 5. The van der Waals surface area contributed by atoms with Gasteiger partial charge in [0.25, 0.3) is 0 Å². The Morgan fingerprint density at radius 2 is 1.33 bits per heavy atom. The number of carbonyl (C=O) groups is 2. The van der Waals surface area contributed by atoms with Crippen LogP contribution in [0.5, 0.6) is 0 Å². The number of hydrogen-bond acceptors (Lipinski definition) is 5. The highest BCUT2D eigenvalue weighted by molar-refractivity contribution is 6.35. The Kier molecular flexibility index (Phi) is 5.88. The van der Waals surface area contributed by atoms with Crippen LogP contribution in [0.4, 0.5) is 11.5 Å². The van der Waals surface area contributed by atoms with Crippen LogP contribution in [0.25, 0.3) is 0 Å². The van der Waals surface area contributed by atoms with Crippen molar-refractivity contribution >= 4 is 23.3 Å². The first kappa shape index (κ1) is 20.2. The first-order valence-electron chi connectivity index (χ1n) is 10.6. The zero-order valence-electron chi connectivity index (χ0n) is 17.8. The van der Waals surface area contributed by atoms with E-state index in [-0.39, 0.29) is 11.8 Å². The number of aromatic nitrogens is 1. The maximum atomic E-state index is 12.8. The molecule has 3 heterocycles. The van der Waals surface area contributed by atoms with Gasteiger partial charge in [0.1, 0.15) is 5.82 Å². The molecule has 7 heteroatoms. The molecular weight excluding hydrogens is 378 g/mol. The van der Waals surface area contributed by atoms with Gasteiger partial charge in [-0.25, -0.2) is 4.98 Å². The molecule has 4 rings (SSSR count). The lowest BCUT2D eigenvalue weighted by atomic mass is 10.1. The molecule has 30 heavy (non-hydrogen) atoms. The molecule has 2 aliphatic heterocycles. The molecule has 0 spiro atoms. The summed E-state index contributed by atoms with van der Waals surface area (Å²) in [4.78, 5) is 37.8. The van der Waals surface area contributed by atoms with Gasteiger partial charge in [0, 0.05) is 64.2 Å². The third kappa shape index (κ3) is 4.10. The molecule has 0 saturated carbocycles. The molecule has 2 amide bonds. The number of piperazine rings is 2. The molecule has 0 radical (unpaired) electrons. The van der Waals surface area contributed by atoms with E-state index >= 15 is 0 Å². The van der Waals surface area contributed by atoms with Gasteiger partial charge < -0.3 is 19.6 Å². The van der Waals surface area contributed by atoms with Crippen molar-refractivity contribution in [2.45, 2.75) is 13.8 Å². The first-order chi connectivity index (χ1) is 14.5. The highest BCUT2D eigenvalue weighted by atomic mass is 16.2. The number of rotatable bonds is 2.